The molecule has 0 spiro atoms. The lowest BCUT2D eigenvalue weighted by Gasteiger charge is -2.27. The van der Waals surface area contributed by atoms with Crippen LogP contribution in [-0.2, 0) is 10.0 Å². The molecule has 3 rings (SSSR count). The molecule has 1 aliphatic rings. The van der Waals surface area contributed by atoms with E-state index >= 15 is 0 Å². The molecule has 1 aliphatic heterocycles. The topological polar surface area (TPSA) is 105 Å². The van der Waals surface area contributed by atoms with Crippen LogP contribution < -0.4 is 14.8 Å². The molecule has 0 aromatic heterocycles. The van der Waals surface area contributed by atoms with Gasteiger partial charge in [-0.3, -0.25) is 14.3 Å². The molecule has 1 heterocycles. The highest BCUT2D eigenvalue weighted by Gasteiger charge is 2.25. The third-order valence-corrected chi connectivity index (χ3v) is 6.95. The normalized spacial score (nSPS) is 13.9. The van der Waals surface area contributed by atoms with Crippen LogP contribution in [0.3, 0.4) is 0 Å². The molecule has 0 bridgehead atoms. The number of likely N-dealkylation sites (tertiary alicyclic amines) is 1. The zero-order chi connectivity index (χ0) is 23.8. The minimum Gasteiger partial charge on any atom is -0.496 e. The molecule has 2 aromatic carbocycles. The molecule has 178 valence electrons. The number of hydrogen-bond donors (Lipinski definition) is 2. The van der Waals surface area contributed by atoms with Gasteiger partial charge in [-0.2, -0.15) is 0 Å². The van der Waals surface area contributed by atoms with Gasteiger partial charge in [0.1, 0.15) is 5.75 Å². The Kier molecular flexibility index (Phi) is 8.32. The predicted molar refractivity (Wildman–Crippen MR) is 127 cm³/mol. The van der Waals surface area contributed by atoms with Crippen LogP contribution in [0.2, 0.25) is 0 Å². The number of benzene rings is 2. The standard InChI is InChI=1S/C24H31N3O5S/c1-3-4-14-25-23(28)19-10-6-7-11-21(19)26-33(30,31)18-12-13-22(32-2)20(17-18)24(29)27-15-8-5-9-16-27/h6-7,10-13,17,26H,3-5,8-9,14-16H2,1-2H3,(H,25,28). The summed E-state index contributed by atoms with van der Waals surface area (Å²) in [6.07, 6.45) is 4.68. The minimum absolute atomic E-state index is 0.0788. The van der Waals surface area contributed by atoms with E-state index in [4.69, 9.17) is 4.74 Å². The fourth-order valence-corrected chi connectivity index (χ4v) is 4.84. The first-order chi connectivity index (χ1) is 15.9. The molecule has 33 heavy (non-hydrogen) atoms. The van der Waals surface area contributed by atoms with Gasteiger partial charge in [-0.15, -0.1) is 0 Å². The van der Waals surface area contributed by atoms with E-state index < -0.39 is 10.0 Å². The Morgan fingerprint density at radius 3 is 2.45 bits per heavy atom. The van der Waals surface area contributed by atoms with E-state index in [2.05, 4.69) is 10.0 Å². The van der Waals surface area contributed by atoms with Gasteiger partial charge < -0.3 is 15.0 Å². The number of carbonyl (C=O) groups excluding carboxylic acids is 2. The van der Waals surface area contributed by atoms with Crippen molar-refractivity contribution < 1.29 is 22.7 Å². The predicted octanol–water partition coefficient (Wildman–Crippen LogP) is 3.65. The number of anilines is 1. The molecule has 0 aliphatic carbocycles. The van der Waals surface area contributed by atoms with Crippen molar-refractivity contribution in [2.45, 2.75) is 43.9 Å². The van der Waals surface area contributed by atoms with Gasteiger partial charge >= 0.3 is 0 Å². The molecule has 9 heteroatoms. The van der Waals surface area contributed by atoms with Gasteiger partial charge in [0.05, 0.1) is 28.8 Å². The highest BCUT2D eigenvalue weighted by molar-refractivity contribution is 7.92. The first kappa shape index (κ1) is 24.6. The van der Waals surface area contributed by atoms with E-state index in [-0.39, 0.29) is 33.5 Å². The first-order valence-corrected chi connectivity index (χ1v) is 12.7. The number of nitrogens with zero attached hydrogens (tertiary/aromatic N) is 1. The quantitative estimate of drug-likeness (QED) is 0.541. The van der Waals surface area contributed by atoms with E-state index in [1.807, 2.05) is 6.92 Å². The molecule has 0 unspecified atom stereocenters. The Balaban J connectivity index is 1.88. The average Bonchev–Trinajstić information content (AvgIpc) is 2.84. The van der Waals surface area contributed by atoms with Crippen molar-refractivity contribution in [1.82, 2.24) is 10.2 Å². The highest BCUT2D eigenvalue weighted by atomic mass is 32.2. The summed E-state index contributed by atoms with van der Waals surface area (Å²) in [5.74, 6) is -0.281. The van der Waals surface area contributed by atoms with Gasteiger partial charge in [0, 0.05) is 19.6 Å². The lowest BCUT2D eigenvalue weighted by atomic mass is 10.1. The molecule has 0 saturated carbocycles. The van der Waals surface area contributed by atoms with Crippen LogP contribution >= 0.6 is 0 Å². The Labute approximate surface area is 195 Å². The summed E-state index contributed by atoms with van der Waals surface area (Å²) >= 11 is 0. The average molecular weight is 474 g/mol. The maximum Gasteiger partial charge on any atom is 0.261 e. The summed E-state index contributed by atoms with van der Waals surface area (Å²) in [5, 5.41) is 2.80. The zero-order valence-corrected chi connectivity index (χ0v) is 19.9. The van der Waals surface area contributed by atoms with Crippen LogP contribution in [0.25, 0.3) is 0 Å². The number of sulfonamides is 1. The molecule has 2 aromatic rings. The summed E-state index contributed by atoms with van der Waals surface area (Å²) in [6.45, 7) is 3.81. The molecule has 0 radical (unpaired) electrons. The van der Waals surface area contributed by atoms with Crippen LogP contribution in [0.1, 0.15) is 59.7 Å². The maximum atomic E-state index is 13.2. The summed E-state index contributed by atoms with van der Waals surface area (Å²) < 4.78 is 34.2. The van der Waals surface area contributed by atoms with Gasteiger partial charge in [-0.1, -0.05) is 25.5 Å². The third kappa shape index (κ3) is 6.04. The SMILES string of the molecule is CCCCNC(=O)c1ccccc1NS(=O)(=O)c1ccc(OC)c(C(=O)N2CCCCC2)c1. The zero-order valence-electron chi connectivity index (χ0n) is 19.1. The van der Waals surface area contributed by atoms with Gasteiger partial charge in [0.25, 0.3) is 21.8 Å². The Hall–Kier alpha value is -3.07. The van der Waals surface area contributed by atoms with E-state index in [0.29, 0.717) is 25.4 Å². The van der Waals surface area contributed by atoms with Crippen molar-refractivity contribution in [3.63, 3.8) is 0 Å². The fourth-order valence-electron chi connectivity index (χ4n) is 3.74. The van der Waals surface area contributed by atoms with Crippen molar-refractivity contribution in [3.8, 4) is 5.75 Å². The third-order valence-electron chi connectivity index (χ3n) is 5.59. The summed E-state index contributed by atoms with van der Waals surface area (Å²) in [5.41, 5.74) is 0.606. The van der Waals surface area contributed by atoms with Gasteiger partial charge in [0.2, 0.25) is 0 Å². The van der Waals surface area contributed by atoms with Crippen LogP contribution in [0.5, 0.6) is 5.75 Å². The number of piperidine rings is 1. The molecule has 8 nitrogen and oxygen atoms in total. The smallest absolute Gasteiger partial charge is 0.261 e. The highest BCUT2D eigenvalue weighted by Crippen LogP contribution is 2.27. The molecule has 2 N–H and O–H groups in total. The van der Waals surface area contributed by atoms with Crippen molar-refractivity contribution in [2.24, 2.45) is 0 Å². The molecule has 0 atom stereocenters. The second-order valence-corrected chi connectivity index (χ2v) is 9.66. The van der Waals surface area contributed by atoms with E-state index in [0.717, 1.165) is 32.1 Å². The number of nitrogens with one attached hydrogen (secondary N) is 2. The summed E-state index contributed by atoms with van der Waals surface area (Å²) in [4.78, 5) is 27.3. The number of ether oxygens (including phenoxy) is 1. The van der Waals surface area contributed by atoms with Crippen molar-refractivity contribution in [1.29, 1.82) is 0 Å². The molecule has 2 amide bonds. The van der Waals surface area contributed by atoms with E-state index in [1.54, 1.807) is 23.1 Å². The largest absolute Gasteiger partial charge is 0.496 e. The van der Waals surface area contributed by atoms with E-state index in [1.165, 1.54) is 31.4 Å². The Morgan fingerprint density at radius 2 is 1.76 bits per heavy atom. The monoisotopic (exact) mass is 473 g/mol. The van der Waals surface area contributed by atoms with Crippen LogP contribution in [0.4, 0.5) is 5.69 Å². The maximum absolute atomic E-state index is 13.2. The molecular formula is C24H31N3O5S. The molecule has 1 fully saturated rings. The summed E-state index contributed by atoms with van der Waals surface area (Å²) in [7, 11) is -2.62. The number of amides is 2. The van der Waals surface area contributed by atoms with Gasteiger partial charge in [-0.25, -0.2) is 8.42 Å². The van der Waals surface area contributed by atoms with Crippen molar-refractivity contribution >= 4 is 27.5 Å². The number of para-hydroxylation sites is 1. The molecular weight excluding hydrogens is 442 g/mol. The Bertz CT molecular complexity index is 1100. The van der Waals surface area contributed by atoms with Crippen molar-refractivity contribution in [2.75, 3.05) is 31.5 Å². The lowest BCUT2D eigenvalue weighted by molar-refractivity contribution is 0.0720. The fraction of sp³-hybridized carbons (Fsp3) is 0.417. The number of hydrogen-bond acceptors (Lipinski definition) is 5. The lowest BCUT2D eigenvalue weighted by Crippen LogP contribution is -2.35. The minimum atomic E-state index is -4.06. The number of carbonyl (C=O) groups is 2. The second kappa shape index (κ2) is 11.2. The number of unbranched alkanes of at least 4 members (excludes halogenated alkanes) is 1. The second-order valence-electron chi connectivity index (χ2n) is 7.98. The van der Waals surface area contributed by atoms with Crippen LogP contribution in [0, 0.1) is 0 Å². The first-order valence-electron chi connectivity index (χ1n) is 11.2. The van der Waals surface area contributed by atoms with Crippen molar-refractivity contribution in [3.05, 3.63) is 53.6 Å². The van der Waals surface area contributed by atoms with Crippen LogP contribution in [0.15, 0.2) is 47.4 Å². The summed E-state index contributed by atoms with van der Waals surface area (Å²) in [6, 6.07) is 10.6. The van der Waals surface area contributed by atoms with Gasteiger partial charge in [-0.05, 0) is 56.0 Å². The Morgan fingerprint density at radius 1 is 1.03 bits per heavy atom. The van der Waals surface area contributed by atoms with Gasteiger partial charge in [0.15, 0.2) is 0 Å². The van der Waals surface area contributed by atoms with E-state index in [9.17, 15) is 18.0 Å². The number of methoxy groups -OCH3 is 1. The number of rotatable bonds is 9. The molecule has 1 saturated heterocycles. The van der Waals surface area contributed by atoms with Crippen LogP contribution in [-0.4, -0.2) is 51.9 Å².